The van der Waals surface area contributed by atoms with Crippen LogP contribution in [0.3, 0.4) is 0 Å². The van der Waals surface area contributed by atoms with Crippen LogP contribution in [0.5, 0.6) is 0 Å². The summed E-state index contributed by atoms with van der Waals surface area (Å²) in [6.45, 7) is 1.81. The van der Waals surface area contributed by atoms with Crippen LogP contribution in [-0.4, -0.2) is 20.8 Å². The van der Waals surface area contributed by atoms with Crippen molar-refractivity contribution >= 4 is 0 Å². The first-order chi connectivity index (χ1) is 7.18. The van der Waals surface area contributed by atoms with E-state index in [1.54, 1.807) is 0 Å². The molecule has 4 heteroatoms. The van der Waals surface area contributed by atoms with Gasteiger partial charge in [0.15, 0.2) is 5.82 Å². The summed E-state index contributed by atoms with van der Waals surface area (Å²) in [5, 5.41) is 14.0. The van der Waals surface area contributed by atoms with Gasteiger partial charge in [-0.3, -0.25) is 0 Å². The molecule has 1 aliphatic carbocycles. The van der Waals surface area contributed by atoms with Crippen molar-refractivity contribution in [3.63, 3.8) is 0 Å². The van der Waals surface area contributed by atoms with E-state index in [0.717, 1.165) is 32.1 Å². The summed E-state index contributed by atoms with van der Waals surface area (Å²) in [6.07, 6.45) is 6.80. The monoisotopic (exact) mass is 210 g/mol. The second-order valence-electron chi connectivity index (χ2n) is 4.52. The van der Waals surface area contributed by atoms with Crippen molar-refractivity contribution in [1.82, 2.24) is 10.1 Å². The van der Waals surface area contributed by atoms with Crippen LogP contribution in [0.25, 0.3) is 0 Å². The summed E-state index contributed by atoms with van der Waals surface area (Å²) in [5.41, 5.74) is -0.485. The van der Waals surface area contributed by atoms with Crippen molar-refractivity contribution in [3.8, 4) is 0 Å². The molecule has 0 amide bonds. The number of nitrogens with zero attached hydrogens (tertiary/aromatic N) is 2. The Morgan fingerprint density at radius 1 is 1.33 bits per heavy atom. The average Bonchev–Trinajstić information content (AvgIpc) is 2.63. The van der Waals surface area contributed by atoms with Gasteiger partial charge in [-0.1, -0.05) is 24.4 Å². The quantitative estimate of drug-likeness (QED) is 0.829. The van der Waals surface area contributed by atoms with E-state index in [4.69, 9.17) is 4.52 Å². The van der Waals surface area contributed by atoms with Gasteiger partial charge in [0.25, 0.3) is 0 Å². The molecule has 2 rings (SSSR count). The minimum atomic E-state index is -0.485. The highest BCUT2D eigenvalue weighted by Gasteiger charge is 2.29. The molecular weight excluding hydrogens is 192 g/mol. The van der Waals surface area contributed by atoms with Gasteiger partial charge in [0.05, 0.1) is 5.60 Å². The second kappa shape index (κ2) is 4.31. The van der Waals surface area contributed by atoms with Gasteiger partial charge in [-0.25, -0.2) is 0 Å². The maximum absolute atomic E-state index is 10.2. The molecule has 0 saturated heterocycles. The van der Waals surface area contributed by atoms with Crippen molar-refractivity contribution < 1.29 is 9.63 Å². The molecule has 1 aromatic rings. The first kappa shape index (κ1) is 10.6. The molecule has 0 unspecified atom stereocenters. The van der Waals surface area contributed by atoms with Crippen molar-refractivity contribution in [3.05, 3.63) is 11.7 Å². The number of aromatic nitrogens is 2. The van der Waals surface area contributed by atoms with Crippen LogP contribution in [0, 0.1) is 6.92 Å². The van der Waals surface area contributed by atoms with Crippen LogP contribution in [-0.2, 0) is 6.42 Å². The number of hydrogen-bond acceptors (Lipinski definition) is 4. The Hall–Kier alpha value is -0.900. The lowest BCUT2D eigenvalue weighted by Gasteiger charge is -2.31. The summed E-state index contributed by atoms with van der Waals surface area (Å²) in [5.74, 6) is 1.31. The van der Waals surface area contributed by atoms with Crippen LogP contribution in [0.4, 0.5) is 0 Å². The summed E-state index contributed by atoms with van der Waals surface area (Å²) in [7, 11) is 0. The summed E-state index contributed by atoms with van der Waals surface area (Å²) in [4.78, 5) is 4.14. The van der Waals surface area contributed by atoms with E-state index in [0.29, 0.717) is 18.1 Å². The molecule has 0 bridgehead atoms. The standard InChI is InChI=1S/C11H18N2O2/c1-9-12-10(15-13-9)5-8-11(14)6-3-2-4-7-11/h14H,2-8H2,1H3. The highest BCUT2D eigenvalue weighted by atomic mass is 16.5. The van der Waals surface area contributed by atoms with Crippen molar-refractivity contribution in [1.29, 1.82) is 0 Å². The van der Waals surface area contributed by atoms with Gasteiger partial charge in [0.1, 0.15) is 0 Å². The molecule has 4 nitrogen and oxygen atoms in total. The zero-order chi connectivity index (χ0) is 10.7. The van der Waals surface area contributed by atoms with Gasteiger partial charge < -0.3 is 9.63 Å². The highest BCUT2D eigenvalue weighted by Crippen LogP contribution is 2.31. The Morgan fingerprint density at radius 3 is 2.67 bits per heavy atom. The third-order valence-corrected chi connectivity index (χ3v) is 3.16. The van der Waals surface area contributed by atoms with Crippen molar-refractivity contribution in [2.45, 2.75) is 57.5 Å². The van der Waals surface area contributed by atoms with E-state index in [1.165, 1.54) is 6.42 Å². The van der Waals surface area contributed by atoms with Crippen molar-refractivity contribution in [2.24, 2.45) is 0 Å². The topological polar surface area (TPSA) is 59.2 Å². The van der Waals surface area contributed by atoms with Crippen LogP contribution >= 0.6 is 0 Å². The number of aryl methyl sites for hydroxylation is 2. The van der Waals surface area contributed by atoms with Gasteiger partial charge in [-0.2, -0.15) is 4.98 Å². The fourth-order valence-electron chi connectivity index (χ4n) is 2.24. The van der Waals surface area contributed by atoms with Gasteiger partial charge >= 0.3 is 0 Å². The maximum atomic E-state index is 10.2. The Bertz CT molecular complexity index is 316. The second-order valence-corrected chi connectivity index (χ2v) is 4.52. The lowest BCUT2D eigenvalue weighted by molar-refractivity contribution is -0.00496. The van der Waals surface area contributed by atoms with E-state index >= 15 is 0 Å². The largest absolute Gasteiger partial charge is 0.390 e. The average molecular weight is 210 g/mol. The molecule has 1 heterocycles. The number of rotatable bonds is 3. The van der Waals surface area contributed by atoms with Crippen LogP contribution in [0.15, 0.2) is 4.52 Å². The fourth-order valence-corrected chi connectivity index (χ4v) is 2.24. The van der Waals surface area contributed by atoms with E-state index in [1.807, 2.05) is 6.92 Å². The summed E-state index contributed by atoms with van der Waals surface area (Å²) < 4.78 is 5.03. The number of hydrogen-bond donors (Lipinski definition) is 1. The summed E-state index contributed by atoms with van der Waals surface area (Å²) in [6, 6.07) is 0. The molecule has 1 fully saturated rings. The Kier molecular flexibility index (Phi) is 3.05. The third kappa shape index (κ3) is 2.78. The summed E-state index contributed by atoms with van der Waals surface area (Å²) >= 11 is 0. The van der Waals surface area contributed by atoms with E-state index in [-0.39, 0.29) is 0 Å². The first-order valence-corrected chi connectivity index (χ1v) is 5.70. The zero-order valence-electron chi connectivity index (χ0n) is 9.20. The van der Waals surface area contributed by atoms with Crippen LogP contribution in [0.1, 0.15) is 50.2 Å². The third-order valence-electron chi connectivity index (χ3n) is 3.16. The van der Waals surface area contributed by atoms with Crippen LogP contribution < -0.4 is 0 Å². The molecule has 0 atom stereocenters. The number of aliphatic hydroxyl groups is 1. The van der Waals surface area contributed by atoms with Crippen molar-refractivity contribution in [2.75, 3.05) is 0 Å². The SMILES string of the molecule is Cc1noc(CCC2(O)CCCCC2)n1. The Labute approximate surface area is 89.7 Å². The van der Waals surface area contributed by atoms with E-state index < -0.39 is 5.60 Å². The molecule has 1 aliphatic rings. The molecule has 84 valence electrons. The highest BCUT2D eigenvalue weighted by molar-refractivity contribution is 4.89. The molecule has 0 aromatic carbocycles. The molecule has 0 aliphatic heterocycles. The molecular formula is C11H18N2O2. The maximum Gasteiger partial charge on any atom is 0.226 e. The van der Waals surface area contributed by atoms with Crippen LogP contribution in [0.2, 0.25) is 0 Å². The van der Waals surface area contributed by atoms with Gasteiger partial charge in [-0.15, -0.1) is 0 Å². The minimum Gasteiger partial charge on any atom is -0.390 e. The predicted molar refractivity (Wildman–Crippen MR) is 55.4 cm³/mol. The molecule has 15 heavy (non-hydrogen) atoms. The normalized spacial score (nSPS) is 20.4. The fraction of sp³-hybridized carbons (Fsp3) is 0.818. The van der Waals surface area contributed by atoms with Gasteiger partial charge in [0.2, 0.25) is 5.89 Å². The van der Waals surface area contributed by atoms with E-state index in [2.05, 4.69) is 10.1 Å². The Balaban J connectivity index is 1.86. The minimum absolute atomic E-state index is 0.485. The smallest absolute Gasteiger partial charge is 0.226 e. The lowest BCUT2D eigenvalue weighted by Crippen LogP contribution is -2.31. The lowest BCUT2D eigenvalue weighted by atomic mass is 9.82. The molecule has 0 radical (unpaired) electrons. The Morgan fingerprint density at radius 2 is 2.07 bits per heavy atom. The van der Waals surface area contributed by atoms with Gasteiger partial charge in [0, 0.05) is 6.42 Å². The van der Waals surface area contributed by atoms with E-state index in [9.17, 15) is 5.11 Å². The van der Waals surface area contributed by atoms with Gasteiger partial charge in [-0.05, 0) is 26.2 Å². The molecule has 1 saturated carbocycles. The molecule has 1 N–H and O–H groups in total. The first-order valence-electron chi connectivity index (χ1n) is 5.70. The molecule has 0 spiro atoms. The zero-order valence-corrected chi connectivity index (χ0v) is 9.20. The molecule has 1 aromatic heterocycles. The predicted octanol–water partition coefficient (Wildman–Crippen LogP) is 2.01.